The Balaban J connectivity index is 1.87. The zero-order valence-electron chi connectivity index (χ0n) is 11.6. The number of carbonyl (C=O) groups excluding carboxylic acids is 1. The summed E-state index contributed by atoms with van der Waals surface area (Å²) in [6, 6.07) is 9.93. The summed E-state index contributed by atoms with van der Waals surface area (Å²) in [5, 5.41) is 5.14. The second kappa shape index (κ2) is 7.26. The summed E-state index contributed by atoms with van der Waals surface area (Å²) in [5.41, 5.74) is 4.20. The van der Waals surface area contributed by atoms with Crippen molar-refractivity contribution in [3.05, 3.63) is 35.9 Å². The predicted molar refractivity (Wildman–Crippen MR) is 76.6 cm³/mol. The smallest absolute Gasteiger partial charge is 0.251 e. The number of nitrogens with zero attached hydrogens (tertiary/aromatic N) is 1. The third-order valence-electron chi connectivity index (χ3n) is 3.57. The molecular formula is C15H23N3O. The molecule has 0 aromatic heterocycles. The Morgan fingerprint density at radius 3 is 2.53 bits per heavy atom. The van der Waals surface area contributed by atoms with Crippen LogP contribution in [0.15, 0.2) is 30.3 Å². The number of piperidine rings is 1. The van der Waals surface area contributed by atoms with Crippen molar-refractivity contribution in [3.8, 4) is 0 Å². The number of hydrogen-bond acceptors (Lipinski definition) is 3. The third kappa shape index (κ3) is 4.33. The van der Waals surface area contributed by atoms with Crippen molar-refractivity contribution in [2.45, 2.75) is 31.7 Å². The summed E-state index contributed by atoms with van der Waals surface area (Å²) in [6.45, 7) is 1.93. The molecule has 0 bridgehead atoms. The maximum absolute atomic E-state index is 12.2. The third-order valence-corrected chi connectivity index (χ3v) is 3.57. The van der Waals surface area contributed by atoms with Gasteiger partial charge in [-0.15, -0.1) is 0 Å². The lowest BCUT2D eigenvalue weighted by Gasteiger charge is -2.28. The van der Waals surface area contributed by atoms with Gasteiger partial charge in [0.25, 0.3) is 5.91 Å². The van der Waals surface area contributed by atoms with Gasteiger partial charge in [0.15, 0.2) is 0 Å². The van der Waals surface area contributed by atoms with E-state index in [-0.39, 0.29) is 11.9 Å². The average molecular weight is 261 g/mol. The van der Waals surface area contributed by atoms with E-state index in [4.69, 9.17) is 0 Å². The molecular weight excluding hydrogens is 238 g/mol. The topological polar surface area (TPSA) is 44.4 Å². The van der Waals surface area contributed by atoms with Crippen molar-refractivity contribution in [3.63, 3.8) is 0 Å². The first-order valence-electron chi connectivity index (χ1n) is 7.06. The van der Waals surface area contributed by atoms with Gasteiger partial charge in [-0.05, 0) is 31.9 Å². The Hall–Kier alpha value is -1.39. The highest BCUT2D eigenvalue weighted by molar-refractivity contribution is 5.81. The molecule has 1 fully saturated rings. The number of carbonyl (C=O) groups is 1. The molecule has 1 saturated heterocycles. The van der Waals surface area contributed by atoms with Gasteiger partial charge in [-0.2, -0.15) is 0 Å². The van der Waals surface area contributed by atoms with Crippen molar-refractivity contribution in [1.29, 1.82) is 0 Å². The predicted octanol–water partition coefficient (Wildman–Crippen LogP) is 1.33. The molecule has 1 heterocycles. The molecule has 104 valence electrons. The lowest BCUT2D eigenvalue weighted by Crippen LogP contribution is -2.52. The fraction of sp³-hybridized carbons (Fsp3) is 0.533. The van der Waals surface area contributed by atoms with Crippen molar-refractivity contribution >= 4 is 5.91 Å². The summed E-state index contributed by atoms with van der Waals surface area (Å²) in [5.74, 6) is 0.0632. The Morgan fingerprint density at radius 2 is 1.89 bits per heavy atom. The molecule has 1 aromatic rings. The number of nitrogens with one attached hydrogen (secondary N) is 2. The minimum atomic E-state index is -0.177. The van der Waals surface area contributed by atoms with Gasteiger partial charge in [0.05, 0.1) is 6.04 Å². The minimum Gasteiger partial charge on any atom is -0.309 e. The van der Waals surface area contributed by atoms with Crippen LogP contribution in [0.3, 0.4) is 0 Å². The van der Waals surface area contributed by atoms with Crippen LogP contribution >= 0.6 is 0 Å². The van der Waals surface area contributed by atoms with Crippen LogP contribution in [-0.4, -0.2) is 37.1 Å². The largest absolute Gasteiger partial charge is 0.309 e. The van der Waals surface area contributed by atoms with Crippen LogP contribution in [0.1, 0.15) is 24.8 Å². The summed E-state index contributed by atoms with van der Waals surface area (Å²) >= 11 is 0. The van der Waals surface area contributed by atoms with Gasteiger partial charge in [-0.1, -0.05) is 36.8 Å². The second-order valence-corrected chi connectivity index (χ2v) is 5.05. The molecule has 4 heteroatoms. The zero-order valence-corrected chi connectivity index (χ0v) is 11.6. The molecule has 2 rings (SSSR count). The molecule has 19 heavy (non-hydrogen) atoms. The van der Waals surface area contributed by atoms with Gasteiger partial charge in [0.1, 0.15) is 0 Å². The monoisotopic (exact) mass is 261 g/mol. The van der Waals surface area contributed by atoms with E-state index in [2.05, 4.69) is 22.9 Å². The van der Waals surface area contributed by atoms with E-state index >= 15 is 0 Å². The van der Waals surface area contributed by atoms with Gasteiger partial charge in [-0.3, -0.25) is 10.2 Å². The Bertz CT molecular complexity index is 388. The number of benzene rings is 1. The molecule has 2 N–H and O–H groups in total. The fourth-order valence-electron chi connectivity index (χ4n) is 2.42. The van der Waals surface area contributed by atoms with E-state index in [9.17, 15) is 4.79 Å². The summed E-state index contributed by atoms with van der Waals surface area (Å²) in [7, 11) is 1.84. The molecule has 1 aliphatic rings. The van der Waals surface area contributed by atoms with Crippen LogP contribution < -0.4 is 10.7 Å². The highest BCUT2D eigenvalue weighted by Gasteiger charge is 2.20. The molecule has 1 aromatic carbocycles. The normalized spacial score (nSPS) is 17.9. The maximum atomic E-state index is 12.2. The van der Waals surface area contributed by atoms with Crippen LogP contribution in [0.4, 0.5) is 0 Å². The zero-order chi connectivity index (χ0) is 13.5. The molecule has 0 saturated carbocycles. The fourth-order valence-corrected chi connectivity index (χ4v) is 2.42. The minimum absolute atomic E-state index is 0.0632. The number of likely N-dealkylation sites (N-methyl/N-ethyl adjacent to an activating group) is 1. The standard InChI is InChI=1S/C15H23N3O/c1-16-14(12-13-8-4-2-5-9-13)15(19)17-18-10-6-3-7-11-18/h2,4-5,8-9,14,16H,3,6-7,10-12H2,1H3,(H,17,19). The highest BCUT2D eigenvalue weighted by atomic mass is 16.2. The Kier molecular flexibility index (Phi) is 5.36. The summed E-state index contributed by atoms with van der Waals surface area (Å²) < 4.78 is 0. The van der Waals surface area contributed by atoms with E-state index in [1.807, 2.05) is 30.3 Å². The van der Waals surface area contributed by atoms with Gasteiger partial charge < -0.3 is 5.32 Å². The Labute approximate surface area is 115 Å². The number of rotatable bonds is 5. The first-order valence-corrected chi connectivity index (χ1v) is 7.06. The SMILES string of the molecule is CNC(Cc1ccccc1)C(=O)NN1CCCCC1. The van der Waals surface area contributed by atoms with Crippen LogP contribution in [-0.2, 0) is 11.2 Å². The molecule has 0 spiro atoms. The lowest BCUT2D eigenvalue weighted by molar-refractivity contribution is -0.128. The first kappa shape index (κ1) is 14.0. The summed E-state index contributed by atoms with van der Waals surface area (Å²) in [4.78, 5) is 12.2. The molecule has 1 atom stereocenters. The number of hydrogen-bond donors (Lipinski definition) is 2. The molecule has 1 aliphatic heterocycles. The van der Waals surface area contributed by atoms with Crippen LogP contribution in [0.25, 0.3) is 0 Å². The van der Waals surface area contributed by atoms with E-state index in [1.54, 1.807) is 0 Å². The molecule has 0 aliphatic carbocycles. The first-order chi connectivity index (χ1) is 9.29. The highest BCUT2D eigenvalue weighted by Crippen LogP contribution is 2.07. The molecule has 1 amide bonds. The van der Waals surface area contributed by atoms with Crippen LogP contribution in [0.5, 0.6) is 0 Å². The molecule has 4 nitrogen and oxygen atoms in total. The van der Waals surface area contributed by atoms with Crippen LogP contribution in [0.2, 0.25) is 0 Å². The van der Waals surface area contributed by atoms with Crippen molar-refractivity contribution < 1.29 is 4.79 Å². The van der Waals surface area contributed by atoms with E-state index < -0.39 is 0 Å². The van der Waals surface area contributed by atoms with Gasteiger partial charge in [0.2, 0.25) is 0 Å². The average Bonchev–Trinajstić information content (AvgIpc) is 2.47. The van der Waals surface area contributed by atoms with E-state index in [0.29, 0.717) is 0 Å². The maximum Gasteiger partial charge on any atom is 0.251 e. The van der Waals surface area contributed by atoms with E-state index in [1.165, 1.54) is 24.8 Å². The van der Waals surface area contributed by atoms with Crippen molar-refractivity contribution in [2.75, 3.05) is 20.1 Å². The van der Waals surface area contributed by atoms with E-state index in [0.717, 1.165) is 19.5 Å². The molecule has 0 radical (unpaired) electrons. The van der Waals surface area contributed by atoms with Gasteiger partial charge in [0, 0.05) is 13.1 Å². The lowest BCUT2D eigenvalue weighted by atomic mass is 10.1. The summed E-state index contributed by atoms with van der Waals surface area (Å²) in [6.07, 6.45) is 4.33. The second-order valence-electron chi connectivity index (χ2n) is 5.05. The van der Waals surface area contributed by atoms with Crippen molar-refractivity contribution in [2.24, 2.45) is 0 Å². The Morgan fingerprint density at radius 1 is 1.21 bits per heavy atom. The quantitative estimate of drug-likeness (QED) is 0.840. The van der Waals surface area contributed by atoms with Crippen LogP contribution in [0, 0.1) is 0 Å². The molecule has 1 unspecified atom stereocenters. The number of amides is 1. The number of hydrazine groups is 1. The van der Waals surface area contributed by atoms with Crippen molar-refractivity contribution in [1.82, 2.24) is 15.8 Å². The van der Waals surface area contributed by atoms with Gasteiger partial charge in [-0.25, -0.2) is 5.01 Å². The van der Waals surface area contributed by atoms with Gasteiger partial charge >= 0.3 is 0 Å².